The van der Waals surface area contributed by atoms with Gasteiger partial charge in [-0.2, -0.15) is 4.31 Å². The van der Waals surface area contributed by atoms with E-state index in [4.69, 9.17) is 9.47 Å². The molecule has 0 bridgehead atoms. The molecular weight excluding hydrogens is 462 g/mol. The summed E-state index contributed by atoms with van der Waals surface area (Å²) in [5.74, 6) is 0.205. The maximum atomic E-state index is 13.2. The smallest absolute Gasteiger partial charge is 0.246 e. The van der Waals surface area contributed by atoms with Gasteiger partial charge < -0.3 is 19.7 Å². The molecule has 0 aliphatic carbocycles. The molecule has 1 N–H and O–H groups in total. The third-order valence-electron chi connectivity index (χ3n) is 5.74. The van der Waals surface area contributed by atoms with E-state index in [1.165, 1.54) is 17.5 Å². The topological polar surface area (TPSA) is 88.2 Å². The minimum Gasteiger partial charge on any atom is -0.495 e. The van der Waals surface area contributed by atoms with E-state index in [2.05, 4.69) is 12.2 Å². The number of nitrogens with zero attached hydrogens (tertiary/aromatic N) is 2. The fourth-order valence-corrected chi connectivity index (χ4v) is 6.64. The van der Waals surface area contributed by atoms with Crippen LogP contribution in [0.3, 0.4) is 0 Å². The van der Waals surface area contributed by atoms with Crippen LogP contribution in [0.2, 0.25) is 0 Å². The molecule has 8 nitrogen and oxygen atoms in total. The number of amides is 1. The molecule has 0 unspecified atom stereocenters. The van der Waals surface area contributed by atoms with E-state index in [1.54, 1.807) is 23.9 Å². The molecule has 2 heterocycles. The Morgan fingerprint density at radius 2 is 1.94 bits per heavy atom. The molecule has 4 rings (SSSR count). The molecule has 1 fully saturated rings. The van der Waals surface area contributed by atoms with Crippen LogP contribution in [-0.2, 0) is 19.6 Å². The van der Waals surface area contributed by atoms with E-state index in [0.717, 1.165) is 17.0 Å². The number of para-hydroxylation sites is 1. The van der Waals surface area contributed by atoms with Crippen LogP contribution in [0.1, 0.15) is 13.3 Å². The number of carbonyl (C=O) groups is 1. The number of methoxy groups -OCH3 is 1. The average molecular weight is 492 g/mol. The number of fused-ring (bicyclic) bond motifs is 1. The normalized spacial score (nSPS) is 19.5. The van der Waals surface area contributed by atoms with Crippen molar-refractivity contribution in [2.24, 2.45) is 0 Å². The lowest BCUT2D eigenvalue weighted by molar-refractivity contribution is -0.117. The number of nitrogens with one attached hydrogen (secondary N) is 1. The van der Waals surface area contributed by atoms with Crippen molar-refractivity contribution >= 4 is 39.1 Å². The predicted octanol–water partition coefficient (Wildman–Crippen LogP) is 3.05. The van der Waals surface area contributed by atoms with E-state index < -0.39 is 10.0 Å². The Labute approximate surface area is 199 Å². The minimum atomic E-state index is -3.75. The van der Waals surface area contributed by atoms with Gasteiger partial charge in [-0.25, -0.2) is 8.42 Å². The number of sulfonamides is 1. The SMILES string of the molecule is COc1ccc(NCC(=O)N2CC[C@@H](C)Sc3ccccc32)cc1S(=O)(=O)N1CCOCC1. The van der Waals surface area contributed by atoms with Gasteiger partial charge in [-0.15, -0.1) is 11.8 Å². The van der Waals surface area contributed by atoms with Crippen LogP contribution in [0.15, 0.2) is 52.3 Å². The summed E-state index contributed by atoms with van der Waals surface area (Å²) in [4.78, 5) is 16.1. The van der Waals surface area contributed by atoms with E-state index in [9.17, 15) is 13.2 Å². The zero-order valence-electron chi connectivity index (χ0n) is 18.8. The first kappa shape index (κ1) is 23.9. The van der Waals surface area contributed by atoms with Crippen LogP contribution < -0.4 is 15.0 Å². The Hall–Kier alpha value is -2.27. The fraction of sp³-hybridized carbons (Fsp3) is 0.435. The van der Waals surface area contributed by atoms with Crippen LogP contribution in [0.25, 0.3) is 0 Å². The van der Waals surface area contributed by atoms with Crippen LogP contribution in [0, 0.1) is 0 Å². The van der Waals surface area contributed by atoms with Crippen molar-refractivity contribution in [1.82, 2.24) is 4.31 Å². The maximum absolute atomic E-state index is 13.2. The molecule has 0 aromatic heterocycles. The molecule has 2 aromatic carbocycles. The van der Waals surface area contributed by atoms with Crippen LogP contribution >= 0.6 is 11.8 Å². The van der Waals surface area contributed by atoms with E-state index in [1.807, 2.05) is 29.2 Å². The largest absolute Gasteiger partial charge is 0.495 e. The summed E-state index contributed by atoms with van der Waals surface area (Å²) in [5.41, 5.74) is 1.46. The van der Waals surface area contributed by atoms with Gasteiger partial charge in [0, 0.05) is 35.5 Å². The van der Waals surface area contributed by atoms with Crippen LogP contribution in [0.5, 0.6) is 5.75 Å². The quantitative estimate of drug-likeness (QED) is 0.664. The highest BCUT2D eigenvalue weighted by atomic mass is 32.2. The molecule has 2 aliphatic heterocycles. The summed E-state index contributed by atoms with van der Waals surface area (Å²) in [6.07, 6.45) is 0.898. The summed E-state index contributed by atoms with van der Waals surface area (Å²) in [5, 5.41) is 3.53. The number of hydrogen-bond acceptors (Lipinski definition) is 7. The first-order valence-corrected chi connectivity index (χ1v) is 13.3. The molecule has 2 aliphatic rings. The lowest BCUT2D eigenvalue weighted by Gasteiger charge is -2.27. The second-order valence-corrected chi connectivity index (χ2v) is 11.4. The predicted molar refractivity (Wildman–Crippen MR) is 130 cm³/mol. The van der Waals surface area contributed by atoms with Gasteiger partial charge in [0.15, 0.2) is 0 Å². The number of benzene rings is 2. The average Bonchev–Trinajstić information content (AvgIpc) is 3.01. The summed E-state index contributed by atoms with van der Waals surface area (Å²) < 4.78 is 38.4. The van der Waals surface area contributed by atoms with Gasteiger partial charge in [-0.05, 0) is 36.8 Å². The van der Waals surface area contributed by atoms with Crippen molar-refractivity contribution < 1.29 is 22.7 Å². The number of ether oxygens (including phenoxy) is 2. The molecule has 1 amide bonds. The zero-order chi connectivity index (χ0) is 23.4. The van der Waals surface area contributed by atoms with Gasteiger partial charge in [-0.1, -0.05) is 19.1 Å². The Bertz CT molecular complexity index is 1100. The highest BCUT2D eigenvalue weighted by Gasteiger charge is 2.30. The molecule has 0 radical (unpaired) electrons. The number of carbonyl (C=O) groups excluding carboxylic acids is 1. The minimum absolute atomic E-state index is 0.0523. The van der Waals surface area contributed by atoms with Crippen molar-refractivity contribution in [3.05, 3.63) is 42.5 Å². The van der Waals surface area contributed by atoms with Gasteiger partial charge in [-0.3, -0.25) is 4.79 Å². The summed E-state index contributed by atoms with van der Waals surface area (Å²) in [6.45, 7) is 4.19. The summed E-state index contributed by atoms with van der Waals surface area (Å²) >= 11 is 1.78. The van der Waals surface area contributed by atoms with E-state index in [0.29, 0.717) is 43.8 Å². The van der Waals surface area contributed by atoms with E-state index >= 15 is 0 Å². The monoisotopic (exact) mass is 491 g/mol. The Morgan fingerprint density at radius 3 is 2.70 bits per heavy atom. The molecule has 33 heavy (non-hydrogen) atoms. The number of rotatable bonds is 6. The third kappa shape index (κ3) is 5.29. The van der Waals surface area contributed by atoms with Gasteiger partial charge in [0.1, 0.15) is 10.6 Å². The molecule has 1 atom stereocenters. The second-order valence-electron chi connectivity index (χ2n) is 7.97. The Kier molecular flexibility index (Phi) is 7.48. The van der Waals surface area contributed by atoms with Crippen molar-refractivity contribution in [2.45, 2.75) is 28.4 Å². The molecule has 0 spiro atoms. The second kappa shape index (κ2) is 10.3. The first-order valence-electron chi connectivity index (χ1n) is 11.0. The fourth-order valence-electron chi connectivity index (χ4n) is 3.93. The lowest BCUT2D eigenvalue weighted by Crippen LogP contribution is -2.40. The zero-order valence-corrected chi connectivity index (χ0v) is 20.5. The number of hydrogen-bond donors (Lipinski definition) is 1. The molecule has 0 saturated carbocycles. The van der Waals surface area contributed by atoms with E-state index in [-0.39, 0.29) is 23.1 Å². The van der Waals surface area contributed by atoms with Crippen molar-refractivity contribution in [3.8, 4) is 5.75 Å². The highest BCUT2D eigenvalue weighted by molar-refractivity contribution is 8.00. The maximum Gasteiger partial charge on any atom is 0.246 e. The molecule has 178 valence electrons. The van der Waals surface area contributed by atoms with Gasteiger partial charge in [0.2, 0.25) is 15.9 Å². The summed E-state index contributed by atoms with van der Waals surface area (Å²) in [6, 6.07) is 12.8. The standard InChI is InChI=1S/C23H29N3O5S2/c1-17-9-10-26(19-5-3-4-6-21(19)32-17)23(27)16-24-18-7-8-20(30-2)22(15-18)33(28,29)25-11-13-31-14-12-25/h3-8,15,17,24H,9-14,16H2,1-2H3/t17-/m1/s1. The van der Waals surface area contributed by atoms with Crippen LogP contribution in [-0.4, -0.2) is 70.4 Å². The molecule has 1 saturated heterocycles. The number of thioether (sulfide) groups is 1. The lowest BCUT2D eigenvalue weighted by atomic mass is 10.2. The Balaban J connectivity index is 1.52. The molecule has 2 aromatic rings. The first-order chi connectivity index (χ1) is 15.9. The number of morpholine rings is 1. The van der Waals surface area contributed by atoms with Crippen molar-refractivity contribution in [1.29, 1.82) is 0 Å². The Morgan fingerprint density at radius 1 is 1.18 bits per heavy atom. The molecule has 10 heteroatoms. The number of anilines is 2. The van der Waals surface area contributed by atoms with Crippen molar-refractivity contribution in [3.63, 3.8) is 0 Å². The van der Waals surface area contributed by atoms with Gasteiger partial charge >= 0.3 is 0 Å². The third-order valence-corrected chi connectivity index (χ3v) is 8.90. The van der Waals surface area contributed by atoms with Crippen LogP contribution in [0.4, 0.5) is 11.4 Å². The van der Waals surface area contributed by atoms with Gasteiger partial charge in [0.25, 0.3) is 0 Å². The highest BCUT2D eigenvalue weighted by Crippen LogP contribution is 2.37. The molecular formula is C23H29N3O5S2. The van der Waals surface area contributed by atoms with Gasteiger partial charge in [0.05, 0.1) is 32.6 Å². The van der Waals surface area contributed by atoms with Crippen molar-refractivity contribution in [2.75, 3.05) is 56.7 Å². The summed E-state index contributed by atoms with van der Waals surface area (Å²) in [7, 11) is -2.30.